The van der Waals surface area contributed by atoms with E-state index in [1.165, 1.54) is 19.3 Å². The predicted molar refractivity (Wildman–Crippen MR) is 122 cm³/mol. The molecule has 0 aromatic heterocycles. The first-order valence-electron chi connectivity index (χ1n) is 11.8. The van der Waals surface area contributed by atoms with Crippen molar-refractivity contribution in [2.75, 3.05) is 11.9 Å². The highest BCUT2D eigenvalue weighted by Crippen LogP contribution is 2.41. The topological polar surface area (TPSA) is 59.6 Å². The molecule has 5 nitrogen and oxygen atoms in total. The number of urea groups is 1. The Hall–Kier alpha value is -1.59. The lowest BCUT2D eigenvalue weighted by Crippen LogP contribution is -2.51. The normalized spacial score (nSPS) is 27.6. The van der Waals surface area contributed by atoms with Gasteiger partial charge in [-0.25, -0.2) is 4.79 Å². The molecule has 1 aromatic rings. The molecule has 2 atom stereocenters. The van der Waals surface area contributed by atoms with Crippen LogP contribution in [0.4, 0.5) is 10.5 Å². The zero-order valence-electron chi connectivity index (χ0n) is 19.6. The number of carbonyl (C=O) groups excluding carboxylic acids is 1. The lowest BCUT2D eigenvalue weighted by molar-refractivity contribution is -0.210. The van der Waals surface area contributed by atoms with Gasteiger partial charge in [0.1, 0.15) is 0 Å². The molecule has 0 bridgehead atoms. The van der Waals surface area contributed by atoms with E-state index in [4.69, 9.17) is 9.47 Å². The summed E-state index contributed by atoms with van der Waals surface area (Å²) in [5.74, 6) is 0.273. The fraction of sp³-hybridized carbons (Fsp3) is 0.720. The summed E-state index contributed by atoms with van der Waals surface area (Å²) in [4.78, 5) is 13.0. The van der Waals surface area contributed by atoms with Gasteiger partial charge in [-0.3, -0.25) is 0 Å². The first kappa shape index (κ1) is 23.1. The molecule has 3 rings (SSSR count). The lowest BCUT2D eigenvalue weighted by atomic mass is 9.83. The van der Waals surface area contributed by atoms with Gasteiger partial charge in [0, 0.05) is 11.6 Å². The van der Waals surface area contributed by atoms with Crippen molar-refractivity contribution in [2.24, 2.45) is 5.92 Å². The number of amides is 2. The summed E-state index contributed by atoms with van der Waals surface area (Å²) in [7, 11) is 0. The number of rotatable bonds is 6. The van der Waals surface area contributed by atoms with E-state index in [1.807, 2.05) is 0 Å². The number of nitrogens with one attached hydrogen (secondary N) is 2. The van der Waals surface area contributed by atoms with E-state index in [-0.39, 0.29) is 18.2 Å². The van der Waals surface area contributed by atoms with Gasteiger partial charge in [-0.15, -0.1) is 0 Å². The maximum Gasteiger partial charge on any atom is 0.319 e. The van der Waals surface area contributed by atoms with Gasteiger partial charge in [0.15, 0.2) is 5.79 Å². The number of ether oxygens (including phenoxy) is 2. The van der Waals surface area contributed by atoms with Crippen LogP contribution in [0.3, 0.4) is 0 Å². The highest BCUT2D eigenvalue weighted by atomic mass is 16.8. The Morgan fingerprint density at radius 3 is 2.03 bits per heavy atom. The van der Waals surface area contributed by atoms with Gasteiger partial charge in [-0.05, 0) is 49.7 Å². The molecule has 168 valence electrons. The van der Waals surface area contributed by atoms with E-state index in [0.29, 0.717) is 24.3 Å². The molecule has 1 aliphatic carbocycles. The van der Waals surface area contributed by atoms with Gasteiger partial charge in [-0.1, -0.05) is 65.2 Å². The molecule has 1 aliphatic heterocycles. The Morgan fingerprint density at radius 1 is 1.00 bits per heavy atom. The van der Waals surface area contributed by atoms with E-state index >= 15 is 0 Å². The minimum absolute atomic E-state index is 0.0333. The van der Waals surface area contributed by atoms with Crippen LogP contribution in [0.2, 0.25) is 0 Å². The van der Waals surface area contributed by atoms with Crippen LogP contribution in [-0.2, 0) is 9.47 Å². The van der Waals surface area contributed by atoms with E-state index in [9.17, 15) is 4.79 Å². The van der Waals surface area contributed by atoms with Crippen molar-refractivity contribution >= 4 is 11.7 Å². The molecule has 1 heterocycles. The van der Waals surface area contributed by atoms with Crippen LogP contribution < -0.4 is 10.6 Å². The molecule has 2 aliphatic rings. The van der Waals surface area contributed by atoms with Crippen LogP contribution in [0.1, 0.15) is 96.6 Å². The number of carbonyl (C=O) groups is 1. The second kappa shape index (κ2) is 9.69. The third-order valence-corrected chi connectivity index (χ3v) is 6.77. The zero-order chi connectivity index (χ0) is 21.9. The third-order valence-electron chi connectivity index (χ3n) is 6.77. The number of hydrogen-bond acceptors (Lipinski definition) is 3. The monoisotopic (exact) mass is 416 g/mol. The molecule has 0 radical (unpaired) electrons. The highest BCUT2D eigenvalue weighted by Gasteiger charge is 2.49. The molecule has 5 heteroatoms. The minimum atomic E-state index is -0.713. The number of benzene rings is 1. The van der Waals surface area contributed by atoms with Crippen molar-refractivity contribution in [2.45, 2.75) is 103 Å². The van der Waals surface area contributed by atoms with Crippen molar-refractivity contribution in [3.8, 4) is 0 Å². The average molecular weight is 417 g/mol. The summed E-state index contributed by atoms with van der Waals surface area (Å²) in [6.07, 6.45) is 5.93. The Bertz CT molecular complexity index is 689. The quantitative estimate of drug-likeness (QED) is 0.584. The SMILES string of the molecule is CC(C)c1cccc(C(C)C)c1NC(=O)NCC1(C2CCCCC2)OC(C)C(C)O1. The number of para-hydroxylation sites is 1. The summed E-state index contributed by atoms with van der Waals surface area (Å²) < 4.78 is 12.7. The zero-order valence-corrected chi connectivity index (χ0v) is 19.6. The van der Waals surface area contributed by atoms with Crippen LogP contribution in [-0.4, -0.2) is 30.6 Å². The Kier molecular flexibility index (Phi) is 7.46. The van der Waals surface area contributed by atoms with E-state index < -0.39 is 5.79 Å². The minimum Gasteiger partial charge on any atom is -0.342 e. The van der Waals surface area contributed by atoms with Crippen molar-refractivity contribution in [3.05, 3.63) is 29.3 Å². The predicted octanol–water partition coefficient (Wildman–Crippen LogP) is 6.16. The molecular formula is C25H40N2O3. The Labute approximate surface area is 182 Å². The molecule has 2 N–H and O–H groups in total. The molecule has 1 saturated heterocycles. The second-order valence-corrected chi connectivity index (χ2v) is 9.72. The van der Waals surface area contributed by atoms with Crippen molar-refractivity contribution in [1.82, 2.24) is 5.32 Å². The van der Waals surface area contributed by atoms with E-state index in [2.05, 4.69) is 70.4 Å². The molecule has 1 aromatic carbocycles. The largest absolute Gasteiger partial charge is 0.342 e. The first-order valence-corrected chi connectivity index (χ1v) is 11.8. The second-order valence-electron chi connectivity index (χ2n) is 9.72. The molecule has 2 fully saturated rings. The number of hydrogen-bond donors (Lipinski definition) is 2. The summed E-state index contributed by atoms with van der Waals surface area (Å²) in [5.41, 5.74) is 3.25. The first-order chi connectivity index (χ1) is 14.2. The molecule has 0 spiro atoms. The standard InChI is InChI=1S/C25H40N2O3/c1-16(2)21-13-10-14-22(17(3)4)23(21)27-24(28)26-15-25(20-11-8-7-9-12-20)29-18(5)19(6)30-25/h10,13-14,16-20H,7-9,11-12,15H2,1-6H3,(H2,26,27,28). The maximum absolute atomic E-state index is 13.0. The van der Waals surface area contributed by atoms with Gasteiger partial charge in [0.2, 0.25) is 0 Å². The molecule has 2 unspecified atom stereocenters. The van der Waals surface area contributed by atoms with Gasteiger partial charge in [0.05, 0.1) is 18.8 Å². The van der Waals surface area contributed by atoms with Gasteiger partial charge >= 0.3 is 6.03 Å². The Morgan fingerprint density at radius 2 is 1.53 bits per heavy atom. The van der Waals surface area contributed by atoms with Crippen LogP contribution in [0, 0.1) is 5.92 Å². The maximum atomic E-state index is 13.0. The summed E-state index contributed by atoms with van der Waals surface area (Å²) in [6, 6.07) is 6.08. The Balaban J connectivity index is 1.74. The smallest absolute Gasteiger partial charge is 0.319 e. The van der Waals surface area contributed by atoms with Crippen LogP contribution in [0.5, 0.6) is 0 Å². The van der Waals surface area contributed by atoms with Crippen molar-refractivity contribution in [1.29, 1.82) is 0 Å². The van der Waals surface area contributed by atoms with Crippen LogP contribution >= 0.6 is 0 Å². The van der Waals surface area contributed by atoms with E-state index in [1.54, 1.807) is 0 Å². The van der Waals surface area contributed by atoms with Crippen LogP contribution in [0.25, 0.3) is 0 Å². The van der Waals surface area contributed by atoms with Gasteiger partial charge in [0.25, 0.3) is 0 Å². The average Bonchev–Trinajstić information content (AvgIpc) is 3.02. The van der Waals surface area contributed by atoms with Gasteiger partial charge < -0.3 is 20.1 Å². The fourth-order valence-corrected chi connectivity index (χ4v) is 4.87. The third kappa shape index (κ3) is 5.00. The van der Waals surface area contributed by atoms with Gasteiger partial charge in [-0.2, -0.15) is 0 Å². The molecule has 30 heavy (non-hydrogen) atoms. The molecule has 2 amide bonds. The van der Waals surface area contributed by atoms with E-state index in [0.717, 1.165) is 29.7 Å². The summed E-state index contributed by atoms with van der Waals surface area (Å²) in [6.45, 7) is 13.1. The van der Waals surface area contributed by atoms with Crippen LogP contribution in [0.15, 0.2) is 18.2 Å². The molecular weight excluding hydrogens is 376 g/mol. The van der Waals surface area contributed by atoms with Crippen molar-refractivity contribution in [3.63, 3.8) is 0 Å². The number of anilines is 1. The highest BCUT2D eigenvalue weighted by molar-refractivity contribution is 5.91. The fourth-order valence-electron chi connectivity index (χ4n) is 4.87. The molecule has 1 saturated carbocycles. The summed E-state index contributed by atoms with van der Waals surface area (Å²) in [5, 5.41) is 6.23. The summed E-state index contributed by atoms with van der Waals surface area (Å²) >= 11 is 0. The lowest BCUT2D eigenvalue weighted by Gasteiger charge is -2.38. The van der Waals surface area contributed by atoms with Crippen molar-refractivity contribution < 1.29 is 14.3 Å².